The fraction of sp³-hybridized carbons (Fsp3) is 0. The van der Waals surface area contributed by atoms with Crippen LogP contribution in [0.25, 0.3) is 22.4 Å². The molecular weight excluding hydrogens is 341 g/mol. The van der Waals surface area contributed by atoms with Gasteiger partial charge in [-0.1, -0.05) is 30.3 Å². The number of anilines is 1. The van der Waals surface area contributed by atoms with Gasteiger partial charge in [0.1, 0.15) is 28.8 Å². The van der Waals surface area contributed by atoms with E-state index in [0.29, 0.717) is 22.4 Å². The molecule has 122 valence electrons. The molecule has 0 unspecified atom stereocenters. The van der Waals surface area contributed by atoms with Crippen molar-refractivity contribution in [3.63, 3.8) is 0 Å². The maximum absolute atomic E-state index is 11.6. The van der Waals surface area contributed by atoms with Crippen LogP contribution >= 0.6 is 0 Å². The second-order valence-corrected chi connectivity index (χ2v) is 5.32. The number of nitrogens with zero attached hydrogens (tertiary/aromatic N) is 2. The van der Waals surface area contributed by atoms with Gasteiger partial charge in [-0.3, -0.25) is 0 Å². The Morgan fingerprint density at radius 2 is 1.69 bits per heavy atom. The minimum Gasteiger partial charge on any atom is -0.561 e. The molecule has 3 aromatic rings. The van der Waals surface area contributed by atoms with Gasteiger partial charge in [0, 0.05) is 21.5 Å². The summed E-state index contributed by atoms with van der Waals surface area (Å²) in [5, 5.41) is 26.9. The maximum atomic E-state index is 11.6. The molecule has 0 bridgehead atoms. The van der Waals surface area contributed by atoms with E-state index in [2.05, 4.69) is 4.98 Å². The Morgan fingerprint density at radius 3 is 2.31 bits per heavy atom. The van der Waals surface area contributed by atoms with Crippen molar-refractivity contribution < 1.29 is 44.6 Å². The molecule has 0 aliphatic heterocycles. The minimum absolute atomic E-state index is 0. The summed E-state index contributed by atoms with van der Waals surface area (Å²) in [7, 11) is 0. The molecule has 0 radical (unpaired) electrons. The van der Waals surface area contributed by atoms with Crippen LogP contribution in [0.15, 0.2) is 54.6 Å². The fourth-order valence-corrected chi connectivity index (χ4v) is 2.64. The topological polar surface area (TPSA) is 123 Å². The van der Waals surface area contributed by atoms with Gasteiger partial charge in [-0.25, -0.2) is 4.98 Å². The SMILES string of the molecule is N#Cc1c(-c2ccccc2C(=O)[OH2+])cc(-c2ccccc2O)nc1N.[Na+]. The van der Waals surface area contributed by atoms with Gasteiger partial charge in [0.25, 0.3) is 0 Å². The number of benzene rings is 2. The first-order chi connectivity index (χ1) is 12.0. The minimum atomic E-state index is -0.862. The number of pyridine rings is 1. The van der Waals surface area contributed by atoms with E-state index < -0.39 is 5.97 Å². The van der Waals surface area contributed by atoms with Gasteiger partial charge in [0.2, 0.25) is 0 Å². The van der Waals surface area contributed by atoms with E-state index >= 15 is 0 Å². The van der Waals surface area contributed by atoms with E-state index in [9.17, 15) is 15.2 Å². The molecule has 0 saturated heterocycles. The average Bonchev–Trinajstić information content (AvgIpc) is 2.61. The Hall–Kier alpha value is -2.85. The molecule has 2 aromatic carbocycles. The van der Waals surface area contributed by atoms with Gasteiger partial charge in [-0.05, 0) is 24.3 Å². The fourth-order valence-electron chi connectivity index (χ4n) is 2.64. The Labute approximate surface area is 171 Å². The van der Waals surface area contributed by atoms with Crippen LogP contribution in [0, 0.1) is 11.3 Å². The van der Waals surface area contributed by atoms with E-state index in [1.165, 1.54) is 12.1 Å². The molecule has 0 saturated carbocycles. The molecule has 0 fully saturated rings. The quantitative estimate of drug-likeness (QED) is 0.482. The molecule has 5 N–H and O–H groups in total. The van der Waals surface area contributed by atoms with Gasteiger partial charge in [0.05, 0.1) is 5.69 Å². The summed E-state index contributed by atoms with van der Waals surface area (Å²) in [4.78, 5) is 15.8. The molecular formula is C19H14N3NaO3+2. The van der Waals surface area contributed by atoms with E-state index in [-0.39, 0.29) is 52.3 Å². The van der Waals surface area contributed by atoms with Crippen LogP contribution in [-0.2, 0) is 0 Å². The maximum Gasteiger partial charge on any atom is 1.00 e. The summed E-state index contributed by atoms with van der Waals surface area (Å²) < 4.78 is 0. The number of carbonyl (C=O) groups excluding carboxylic acids is 1. The Morgan fingerprint density at radius 1 is 1.08 bits per heavy atom. The van der Waals surface area contributed by atoms with E-state index in [4.69, 9.17) is 10.8 Å². The summed E-state index contributed by atoms with van der Waals surface area (Å²) in [6.45, 7) is 0. The summed E-state index contributed by atoms with van der Waals surface area (Å²) in [6.07, 6.45) is 0. The molecule has 26 heavy (non-hydrogen) atoms. The summed E-state index contributed by atoms with van der Waals surface area (Å²) >= 11 is 0. The third-order valence-electron chi connectivity index (χ3n) is 3.80. The van der Waals surface area contributed by atoms with Gasteiger partial charge in [-0.2, -0.15) is 5.26 Å². The van der Waals surface area contributed by atoms with Crippen molar-refractivity contribution in [1.82, 2.24) is 4.98 Å². The number of nitriles is 1. The molecule has 0 amide bonds. The molecule has 7 heteroatoms. The number of hydrogen-bond acceptors (Lipinski definition) is 5. The van der Waals surface area contributed by atoms with Crippen LogP contribution in [0.3, 0.4) is 0 Å². The second kappa shape index (κ2) is 8.02. The molecule has 6 nitrogen and oxygen atoms in total. The predicted octanol–water partition coefficient (Wildman–Crippen LogP) is -0.556. The molecule has 0 aliphatic rings. The normalized spacial score (nSPS) is 9.81. The summed E-state index contributed by atoms with van der Waals surface area (Å²) in [5.41, 5.74) is 7.85. The first kappa shape index (κ1) is 19.5. The summed E-state index contributed by atoms with van der Waals surface area (Å²) in [6, 6.07) is 16.7. The van der Waals surface area contributed by atoms with Crippen LogP contribution in [0.4, 0.5) is 5.82 Å². The summed E-state index contributed by atoms with van der Waals surface area (Å²) in [5.74, 6) is -0.848. The van der Waals surface area contributed by atoms with Crippen LogP contribution in [0.1, 0.15) is 15.9 Å². The van der Waals surface area contributed by atoms with Crippen molar-refractivity contribution in [2.24, 2.45) is 0 Å². The number of nitrogens with two attached hydrogens (primary N) is 1. The number of phenols is 1. The molecule has 1 heterocycles. The number of rotatable bonds is 3. The standard InChI is InChI=1S/C19H13N3O3.Na/c20-10-15-14(11-5-1-2-6-12(11)19(24)25)9-16(22-18(15)21)13-7-3-4-8-17(13)23;/h1-9,23H,(H2,21,22)(H,24,25);/q;+1/p+1. The average molecular weight is 355 g/mol. The van der Waals surface area contributed by atoms with E-state index in [0.717, 1.165) is 0 Å². The second-order valence-electron chi connectivity index (χ2n) is 5.32. The zero-order valence-electron chi connectivity index (χ0n) is 14.0. The van der Waals surface area contributed by atoms with Crippen molar-refractivity contribution in [1.29, 1.82) is 5.26 Å². The van der Waals surface area contributed by atoms with Crippen molar-refractivity contribution in [2.75, 3.05) is 5.73 Å². The smallest absolute Gasteiger partial charge is 0.561 e. The van der Waals surface area contributed by atoms with Crippen molar-refractivity contribution in [3.8, 4) is 34.2 Å². The molecule has 1 aromatic heterocycles. The molecule has 0 atom stereocenters. The third kappa shape index (κ3) is 3.55. The van der Waals surface area contributed by atoms with Crippen LogP contribution in [-0.4, -0.2) is 21.2 Å². The van der Waals surface area contributed by atoms with E-state index in [1.54, 1.807) is 42.5 Å². The Bertz CT molecular complexity index is 1030. The van der Waals surface area contributed by atoms with Crippen molar-refractivity contribution in [3.05, 3.63) is 65.7 Å². The zero-order valence-corrected chi connectivity index (χ0v) is 16.0. The van der Waals surface area contributed by atoms with Gasteiger partial charge >= 0.3 is 35.5 Å². The first-order valence-electron chi connectivity index (χ1n) is 7.37. The molecule has 3 rings (SSSR count). The first-order valence-corrected chi connectivity index (χ1v) is 7.37. The third-order valence-corrected chi connectivity index (χ3v) is 3.80. The van der Waals surface area contributed by atoms with Crippen molar-refractivity contribution >= 4 is 11.8 Å². The number of phenolic OH excluding ortho intramolecular Hbond substituents is 1. The number of aromatic hydroxyl groups is 1. The number of para-hydroxylation sites is 1. The number of aromatic nitrogens is 1. The predicted molar refractivity (Wildman–Crippen MR) is 93.8 cm³/mol. The monoisotopic (exact) mass is 355 g/mol. The zero-order chi connectivity index (χ0) is 18.0. The molecule has 0 aliphatic carbocycles. The Kier molecular flexibility index (Phi) is 6.01. The van der Waals surface area contributed by atoms with Crippen LogP contribution < -0.4 is 35.3 Å². The number of carbonyl (C=O) groups is 1. The van der Waals surface area contributed by atoms with Gasteiger partial charge < -0.3 is 15.9 Å². The van der Waals surface area contributed by atoms with Crippen molar-refractivity contribution in [2.45, 2.75) is 0 Å². The number of hydrogen-bond donors (Lipinski definition) is 2. The van der Waals surface area contributed by atoms with Crippen LogP contribution in [0.5, 0.6) is 5.75 Å². The van der Waals surface area contributed by atoms with Gasteiger partial charge in [-0.15, -0.1) is 0 Å². The van der Waals surface area contributed by atoms with Gasteiger partial charge in [0.15, 0.2) is 0 Å². The van der Waals surface area contributed by atoms with E-state index in [1.807, 2.05) is 6.07 Å². The Balaban J connectivity index is 0.00000243. The van der Waals surface area contributed by atoms with Crippen LogP contribution in [0.2, 0.25) is 0 Å². The molecule has 0 spiro atoms. The largest absolute Gasteiger partial charge is 1.00 e. The number of nitrogen functional groups attached to an aromatic ring is 1.